The maximum atomic E-state index is 13.5. The molecule has 0 radical (unpaired) electrons. The number of fused-ring (bicyclic) bond motifs is 3. The molecule has 1 heterocycles. The minimum absolute atomic E-state index is 0. The molecule has 1 aliphatic rings. The van der Waals surface area contributed by atoms with Gasteiger partial charge in [-0.25, -0.2) is 0 Å². The normalized spacial score (nSPS) is 13.1. The van der Waals surface area contributed by atoms with Crippen LogP contribution >= 0.6 is 7.26 Å². The summed E-state index contributed by atoms with van der Waals surface area (Å²) in [5, 5.41) is 28.5. The SMILES string of the molecule is Nc1ccc2c(c1)N(CCCCCC[P+](c1ccccc1)(c1ccccc1)c1ccccc1)C(c1ccccc1)c1cc(NC(=O)c3ccc(CO)c([N+](=O)[O-])c3)ccc1-2.[Cl-]. The Bertz CT molecular complexity index is 2500. The van der Waals surface area contributed by atoms with Gasteiger partial charge in [-0.2, -0.15) is 0 Å². The fourth-order valence-corrected chi connectivity index (χ4v) is 13.2. The molecule has 0 saturated heterocycles. The lowest BCUT2D eigenvalue weighted by Crippen LogP contribution is -3.00. The number of benzene rings is 7. The first kappa shape index (κ1) is 42.8. The number of anilines is 3. The Kier molecular flexibility index (Phi) is 13.6. The first-order valence-electron chi connectivity index (χ1n) is 20.5. The van der Waals surface area contributed by atoms with Crippen molar-refractivity contribution in [3.8, 4) is 11.1 Å². The van der Waals surface area contributed by atoms with Crippen LogP contribution < -0.4 is 44.3 Å². The summed E-state index contributed by atoms with van der Waals surface area (Å²) in [5.74, 6) is -0.474. The summed E-state index contributed by atoms with van der Waals surface area (Å²) in [7, 11) is -1.90. The predicted octanol–water partition coefficient (Wildman–Crippen LogP) is 7.06. The number of nitro groups is 1. The summed E-state index contributed by atoms with van der Waals surface area (Å²) in [4.78, 5) is 27.1. The van der Waals surface area contributed by atoms with Crippen LogP contribution in [0.5, 0.6) is 0 Å². The number of nitrogens with two attached hydrogens (primary N) is 1. The Morgan fingerprint density at radius 3 is 1.85 bits per heavy atom. The summed E-state index contributed by atoms with van der Waals surface area (Å²) in [6.07, 6.45) is 5.29. The van der Waals surface area contributed by atoms with E-state index in [2.05, 4.69) is 138 Å². The minimum Gasteiger partial charge on any atom is -1.00 e. The highest BCUT2D eigenvalue weighted by atomic mass is 35.5. The van der Waals surface area contributed by atoms with Crippen LogP contribution in [0.15, 0.2) is 176 Å². The molecule has 0 spiro atoms. The van der Waals surface area contributed by atoms with Crippen molar-refractivity contribution < 1.29 is 27.2 Å². The van der Waals surface area contributed by atoms with E-state index < -0.39 is 24.7 Å². The molecule has 7 aromatic rings. The Morgan fingerprint density at radius 1 is 0.689 bits per heavy atom. The zero-order valence-corrected chi connectivity index (χ0v) is 35.4. The standard InChI is InChI=1S/C51H47N4O4P.ClH/c52-40-27-29-46-45-30-28-41(53-51(57)38-25-26-39(36-56)48(33-38)55(58)59)35-47(45)50(37-17-7-3-8-18-37)54(49(46)34-40)31-15-1-2-16-32-60(42-19-9-4-10-20-42,43-21-11-5-12-22-43)44-23-13-6-14-24-44;/h3-14,17-30,33-35,50,56H,1-2,15-16,31-32,36,52H2;1H. The number of nitro benzene ring substituents is 1. The number of nitrogens with zero attached hydrogens (tertiary/aromatic N) is 2. The maximum absolute atomic E-state index is 13.5. The summed E-state index contributed by atoms with van der Waals surface area (Å²) < 4.78 is 0. The number of hydrogen-bond acceptors (Lipinski definition) is 6. The van der Waals surface area contributed by atoms with Crippen molar-refractivity contribution in [3.05, 3.63) is 208 Å². The van der Waals surface area contributed by atoms with Crippen molar-refractivity contribution in [1.82, 2.24) is 0 Å². The monoisotopic (exact) mass is 846 g/mol. The second-order valence-corrected chi connectivity index (χ2v) is 18.9. The number of aliphatic hydroxyl groups is 1. The molecule has 0 bridgehead atoms. The third-order valence-electron chi connectivity index (χ3n) is 11.6. The molecule has 10 heteroatoms. The van der Waals surface area contributed by atoms with Crippen LogP contribution in [0.1, 0.15) is 58.8 Å². The quantitative estimate of drug-likeness (QED) is 0.0335. The van der Waals surface area contributed by atoms with E-state index in [9.17, 15) is 20.0 Å². The van der Waals surface area contributed by atoms with Crippen molar-refractivity contribution in [1.29, 1.82) is 0 Å². The smallest absolute Gasteiger partial charge is 0.275 e. The molecule has 4 N–H and O–H groups in total. The molecule has 61 heavy (non-hydrogen) atoms. The maximum Gasteiger partial charge on any atom is 0.275 e. The molecular formula is C51H48ClN4O4P. The van der Waals surface area contributed by atoms with E-state index in [4.69, 9.17) is 5.73 Å². The molecule has 8 rings (SSSR count). The van der Waals surface area contributed by atoms with Gasteiger partial charge in [-0.1, -0.05) is 103 Å². The van der Waals surface area contributed by atoms with Gasteiger partial charge in [0.1, 0.15) is 23.2 Å². The van der Waals surface area contributed by atoms with E-state index in [0.717, 1.165) is 66.3 Å². The summed E-state index contributed by atoms with van der Waals surface area (Å²) >= 11 is 0. The Balaban J connectivity index is 0.00000561. The zero-order valence-electron chi connectivity index (χ0n) is 33.7. The average Bonchev–Trinajstić information content (AvgIpc) is 3.29. The molecule has 1 atom stereocenters. The number of amides is 1. The van der Waals surface area contributed by atoms with Crippen molar-refractivity contribution in [2.24, 2.45) is 0 Å². The van der Waals surface area contributed by atoms with Crippen molar-refractivity contribution in [2.45, 2.75) is 38.3 Å². The molecule has 308 valence electrons. The number of rotatable bonds is 15. The summed E-state index contributed by atoms with van der Waals surface area (Å²) in [6, 6.07) is 59.6. The lowest BCUT2D eigenvalue weighted by molar-refractivity contribution is -0.385. The molecule has 0 aliphatic carbocycles. The zero-order chi connectivity index (χ0) is 41.5. The average molecular weight is 847 g/mol. The van der Waals surface area contributed by atoms with Crippen LogP contribution in [0.3, 0.4) is 0 Å². The lowest BCUT2D eigenvalue weighted by atomic mass is 9.84. The Morgan fingerprint density at radius 2 is 1.26 bits per heavy atom. The Labute approximate surface area is 364 Å². The van der Waals surface area contributed by atoms with Gasteiger partial charge in [0, 0.05) is 40.8 Å². The second kappa shape index (κ2) is 19.4. The van der Waals surface area contributed by atoms with Crippen LogP contribution in [0.2, 0.25) is 0 Å². The first-order valence-corrected chi connectivity index (χ1v) is 22.4. The highest BCUT2D eigenvalue weighted by molar-refractivity contribution is 7.95. The van der Waals surface area contributed by atoms with E-state index in [0.29, 0.717) is 11.4 Å². The van der Waals surface area contributed by atoms with Crippen LogP contribution in [0, 0.1) is 10.1 Å². The van der Waals surface area contributed by atoms with E-state index >= 15 is 0 Å². The molecule has 0 fully saturated rings. The number of carbonyl (C=O) groups is 1. The number of nitrogen functional groups attached to an aromatic ring is 1. The van der Waals surface area contributed by atoms with Gasteiger partial charge in [0.25, 0.3) is 11.6 Å². The summed E-state index contributed by atoms with van der Waals surface area (Å²) in [6.45, 7) is 0.301. The van der Waals surface area contributed by atoms with Gasteiger partial charge in [0.2, 0.25) is 0 Å². The number of hydrogen-bond donors (Lipinski definition) is 3. The van der Waals surface area contributed by atoms with Gasteiger partial charge >= 0.3 is 0 Å². The third-order valence-corrected chi connectivity index (χ3v) is 16.1. The second-order valence-electron chi connectivity index (χ2n) is 15.3. The van der Waals surface area contributed by atoms with Crippen molar-refractivity contribution in [2.75, 3.05) is 28.7 Å². The van der Waals surface area contributed by atoms with E-state index in [-0.39, 0.29) is 35.3 Å². The fraction of sp³-hybridized carbons (Fsp3) is 0.157. The van der Waals surface area contributed by atoms with Crippen LogP contribution in [0.25, 0.3) is 11.1 Å². The van der Waals surface area contributed by atoms with E-state index in [1.165, 1.54) is 34.1 Å². The molecule has 1 amide bonds. The number of unbranched alkanes of at least 4 members (excludes halogenated alkanes) is 3. The van der Waals surface area contributed by atoms with Gasteiger partial charge in [-0.15, -0.1) is 0 Å². The van der Waals surface area contributed by atoms with Gasteiger partial charge in [0.05, 0.1) is 29.3 Å². The van der Waals surface area contributed by atoms with Gasteiger partial charge in [-0.3, -0.25) is 14.9 Å². The van der Waals surface area contributed by atoms with E-state index in [1.807, 2.05) is 30.3 Å². The van der Waals surface area contributed by atoms with Crippen LogP contribution in [0.4, 0.5) is 22.7 Å². The van der Waals surface area contributed by atoms with Crippen molar-refractivity contribution >= 4 is 51.8 Å². The minimum atomic E-state index is -1.90. The predicted molar refractivity (Wildman–Crippen MR) is 247 cm³/mol. The number of halogens is 1. The fourth-order valence-electron chi connectivity index (χ4n) is 8.76. The summed E-state index contributed by atoms with van der Waals surface area (Å²) in [5.41, 5.74) is 13.1. The molecule has 8 nitrogen and oxygen atoms in total. The largest absolute Gasteiger partial charge is 1.00 e. The number of nitrogens with one attached hydrogen (secondary N) is 1. The van der Waals surface area contributed by atoms with Crippen molar-refractivity contribution in [3.63, 3.8) is 0 Å². The molecule has 1 aliphatic heterocycles. The number of carbonyl (C=O) groups excluding carboxylic acids is 1. The molecule has 0 saturated carbocycles. The van der Waals surface area contributed by atoms with E-state index in [1.54, 1.807) is 0 Å². The molecule has 0 aromatic heterocycles. The first-order chi connectivity index (χ1) is 29.4. The van der Waals surface area contributed by atoms with Gasteiger partial charge < -0.3 is 33.5 Å². The van der Waals surface area contributed by atoms with Crippen LogP contribution in [-0.4, -0.2) is 28.6 Å². The molecule has 7 aromatic carbocycles. The topological polar surface area (TPSA) is 122 Å². The third kappa shape index (κ3) is 8.94. The Hall–Kier alpha value is -6.31. The van der Waals surface area contributed by atoms with Gasteiger partial charge in [0.15, 0.2) is 0 Å². The molecular weight excluding hydrogens is 799 g/mol. The van der Waals surface area contributed by atoms with Gasteiger partial charge in [-0.05, 0) is 109 Å². The number of aliphatic hydroxyl groups excluding tert-OH is 1. The highest BCUT2D eigenvalue weighted by Gasteiger charge is 2.44. The lowest BCUT2D eigenvalue weighted by Gasteiger charge is -2.41. The molecule has 1 unspecified atom stereocenters. The highest BCUT2D eigenvalue weighted by Crippen LogP contribution is 2.56. The van der Waals surface area contributed by atoms with Crippen LogP contribution in [-0.2, 0) is 6.61 Å².